The van der Waals surface area contributed by atoms with Crippen molar-refractivity contribution in [2.75, 3.05) is 53.9 Å². The summed E-state index contributed by atoms with van der Waals surface area (Å²) in [6.45, 7) is 2.63. The summed E-state index contributed by atoms with van der Waals surface area (Å²) in [5.41, 5.74) is 2.21. The van der Waals surface area contributed by atoms with E-state index in [-0.39, 0.29) is 0 Å². The van der Waals surface area contributed by atoms with E-state index in [0.717, 1.165) is 23.5 Å². The summed E-state index contributed by atoms with van der Waals surface area (Å²) >= 11 is 0. The minimum atomic E-state index is -0.404. The van der Waals surface area contributed by atoms with Crippen molar-refractivity contribution in [1.29, 1.82) is 0 Å². The number of benzene rings is 2. The highest BCUT2D eigenvalue weighted by atomic mass is 16.5. The molecule has 1 aromatic heterocycles. The number of amidine groups is 1. The molecule has 0 saturated carbocycles. The Morgan fingerprint density at radius 1 is 1.06 bits per heavy atom. The van der Waals surface area contributed by atoms with Gasteiger partial charge in [0.15, 0.2) is 11.5 Å². The molecule has 0 aliphatic carbocycles. The molecule has 0 radical (unpaired) electrons. The summed E-state index contributed by atoms with van der Waals surface area (Å²) in [6, 6.07) is 9.83. The number of nitrogens with one attached hydrogen (secondary N) is 1. The molecular weight excluding hydrogens is 422 g/mol. The van der Waals surface area contributed by atoms with Crippen molar-refractivity contribution in [1.82, 2.24) is 14.9 Å². The van der Waals surface area contributed by atoms with Gasteiger partial charge in [0, 0.05) is 33.8 Å². The number of aromatic nitrogens is 2. The first-order valence-electron chi connectivity index (χ1n) is 10.5. The predicted molar refractivity (Wildman–Crippen MR) is 132 cm³/mol. The van der Waals surface area contributed by atoms with E-state index in [1.165, 1.54) is 21.3 Å². The Morgan fingerprint density at radius 2 is 1.79 bits per heavy atom. The van der Waals surface area contributed by atoms with Gasteiger partial charge in [-0.2, -0.15) is 4.98 Å². The lowest BCUT2D eigenvalue weighted by Gasteiger charge is -2.19. The van der Waals surface area contributed by atoms with Crippen LogP contribution in [0.25, 0.3) is 10.9 Å². The van der Waals surface area contributed by atoms with Crippen LogP contribution >= 0.6 is 0 Å². The molecule has 0 aliphatic rings. The van der Waals surface area contributed by atoms with E-state index in [4.69, 9.17) is 14.2 Å². The van der Waals surface area contributed by atoms with Gasteiger partial charge in [0.25, 0.3) is 5.56 Å². The van der Waals surface area contributed by atoms with Crippen LogP contribution < -0.4 is 24.7 Å². The average molecular weight is 454 g/mol. The molecule has 176 valence electrons. The normalized spacial score (nSPS) is 11.4. The van der Waals surface area contributed by atoms with Crippen LogP contribution in [-0.2, 0) is 6.42 Å². The van der Waals surface area contributed by atoms with Crippen molar-refractivity contribution >= 4 is 28.4 Å². The second-order valence-electron chi connectivity index (χ2n) is 7.83. The summed E-state index contributed by atoms with van der Waals surface area (Å²) in [4.78, 5) is 28.9. The number of H-pyrrole nitrogens is 1. The second-order valence-corrected chi connectivity index (χ2v) is 7.83. The molecule has 1 N–H and O–H groups in total. The van der Waals surface area contributed by atoms with Gasteiger partial charge in [-0.1, -0.05) is 12.1 Å². The van der Waals surface area contributed by atoms with Gasteiger partial charge in [-0.05, 0) is 31.0 Å². The Morgan fingerprint density at radius 3 is 2.42 bits per heavy atom. The van der Waals surface area contributed by atoms with E-state index in [1.807, 2.05) is 50.0 Å². The van der Waals surface area contributed by atoms with Crippen LogP contribution in [0.5, 0.6) is 17.2 Å². The molecule has 9 heteroatoms. The third-order valence-electron chi connectivity index (χ3n) is 5.44. The summed E-state index contributed by atoms with van der Waals surface area (Å²) in [7, 11) is 10.3. The van der Waals surface area contributed by atoms with Crippen LogP contribution in [0.4, 0.5) is 11.6 Å². The Hall–Kier alpha value is -3.75. The zero-order valence-corrected chi connectivity index (χ0v) is 20.2. The van der Waals surface area contributed by atoms with Gasteiger partial charge in [-0.3, -0.25) is 4.79 Å². The lowest BCUT2D eigenvalue weighted by atomic mass is 10.1. The molecule has 9 nitrogen and oxygen atoms in total. The molecule has 0 fully saturated rings. The largest absolute Gasteiger partial charge is 0.493 e. The summed E-state index contributed by atoms with van der Waals surface area (Å²) in [5.74, 6) is 2.50. The standard InChI is InChI=1S/C24H31N5O4/c1-15(28(2)3)25-17-10-8-9-16(13-17)11-12-29(4)24-26-18-14-19(31-5)21(32-6)22(33-7)20(18)23(30)27-24/h8-10,13-14H,11-12H2,1-7H3,(H,26,27,30). The smallest absolute Gasteiger partial charge is 0.286 e. The van der Waals surface area contributed by atoms with E-state index in [0.29, 0.717) is 40.6 Å². The topological polar surface area (TPSA) is 92.3 Å². The predicted octanol–water partition coefficient (Wildman–Crippen LogP) is 3.24. The SMILES string of the molecule is COc1cc2[nH]c(N(C)CCc3cccc(N=C(C)N(C)C)c3)nc(=O)c2c(OC)c1OC. The first kappa shape index (κ1) is 23.9. The van der Waals surface area contributed by atoms with Crippen molar-refractivity contribution in [2.45, 2.75) is 13.3 Å². The maximum atomic E-state index is 12.9. The zero-order valence-electron chi connectivity index (χ0n) is 20.2. The Bertz CT molecular complexity index is 1220. The van der Waals surface area contributed by atoms with Gasteiger partial charge < -0.3 is 29.0 Å². The van der Waals surface area contributed by atoms with Crippen LogP contribution in [0.15, 0.2) is 40.1 Å². The first-order chi connectivity index (χ1) is 15.8. The van der Waals surface area contributed by atoms with E-state index in [2.05, 4.69) is 27.1 Å². The van der Waals surface area contributed by atoms with Crippen molar-refractivity contribution < 1.29 is 14.2 Å². The molecule has 0 spiro atoms. The number of ether oxygens (including phenoxy) is 3. The monoisotopic (exact) mass is 453 g/mol. The number of nitrogens with zero attached hydrogens (tertiary/aromatic N) is 4. The lowest BCUT2D eigenvalue weighted by molar-refractivity contribution is 0.327. The number of aliphatic imine (C=N–C) groups is 1. The maximum absolute atomic E-state index is 12.9. The molecule has 3 rings (SSSR count). The van der Waals surface area contributed by atoms with Crippen molar-refractivity contribution in [3.05, 3.63) is 46.2 Å². The first-order valence-corrected chi connectivity index (χ1v) is 10.5. The van der Waals surface area contributed by atoms with Crippen LogP contribution in [0.2, 0.25) is 0 Å². The molecule has 33 heavy (non-hydrogen) atoms. The number of likely N-dealkylation sites (N-methyl/N-ethyl adjacent to an activating group) is 1. The minimum Gasteiger partial charge on any atom is -0.493 e. The highest BCUT2D eigenvalue weighted by Gasteiger charge is 2.20. The quantitative estimate of drug-likeness (QED) is 0.413. The Balaban J connectivity index is 1.87. The fraction of sp³-hybridized carbons (Fsp3) is 0.375. The molecule has 3 aromatic rings. The molecule has 0 atom stereocenters. The fourth-order valence-electron chi connectivity index (χ4n) is 3.42. The van der Waals surface area contributed by atoms with E-state index >= 15 is 0 Å². The maximum Gasteiger partial charge on any atom is 0.286 e. The molecule has 2 aromatic carbocycles. The number of anilines is 1. The molecule has 0 saturated heterocycles. The highest BCUT2D eigenvalue weighted by Crippen LogP contribution is 2.41. The van der Waals surface area contributed by atoms with Crippen LogP contribution in [0.1, 0.15) is 12.5 Å². The van der Waals surface area contributed by atoms with Crippen molar-refractivity contribution in [3.63, 3.8) is 0 Å². The summed E-state index contributed by atoms with van der Waals surface area (Å²) in [6.07, 6.45) is 0.762. The molecule has 0 amide bonds. The van der Waals surface area contributed by atoms with Gasteiger partial charge in [-0.15, -0.1) is 0 Å². The highest BCUT2D eigenvalue weighted by molar-refractivity contribution is 5.90. The summed E-state index contributed by atoms with van der Waals surface area (Å²) in [5, 5.41) is 0.314. The Labute approximate surface area is 193 Å². The second kappa shape index (κ2) is 10.2. The van der Waals surface area contributed by atoms with Crippen molar-refractivity contribution in [2.24, 2.45) is 4.99 Å². The molecule has 0 bridgehead atoms. The van der Waals surface area contributed by atoms with Crippen LogP contribution in [0, 0.1) is 0 Å². The van der Waals surface area contributed by atoms with Gasteiger partial charge in [0.1, 0.15) is 11.2 Å². The van der Waals surface area contributed by atoms with Gasteiger partial charge in [-0.25, -0.2) is 4.99 Å². The lowest BCUT2D eigenvalue weighted by Crippen LogP contribution is -2.25. The number of rotatable bonds is 8. The van der Waals surface area contributed by atoms with Crippen LogP contribution in [-0.4, -0.2) is 69.7 Å². The molecule has 1 heterocycles. The summed E-state index contributed by atoms with van der Waals surface area (Å²) < 4.78 is 16.2. The third kappa shape index (κ3) is 5.19. The van der Waals surface area contributed by atoms with Crippen LogP contribution in [0.3, 0.4) is 0 Å². The van der Waals surface area contributed by atoms with E-state index in [9.17, 15) is 4.79 Å². The Kier molecular flexibility index (Phi) is 7.42. The van der Waals surface area contributed by atoms with Gasteiger partial charge in [0.2, 0.25) is 11.7 Å². The third-order valence-corrected chi connectivity index (χ3v) is 5.44. The number of hydrogen-bond acceptors (Lipinski definition) is 7. The number of aromatic amines is 1. The zero-order chi connectivity index (χ0) is 24.1. The minimum absolute atomic E-state index is 0.292. The fourth-order valence-corrected chi connectivity index (χ4v) is 3.42. The average Bonchev–Trinajstić information content (AvgIpc) is 2.81. The van der Waals surface area contributed by atoms with Gasteiger partial charge >= 0.3 is 0 Å². The molecule has 0 unspecified atom stereocenters. The number of hydrogen-bond donors (Lipinski definition) is 1. The van der Waals surface area contributed by atoms with E-state index in [1.54, 1.807) is 6.07 Å². The van der Waals surface area contributed by atoms with Crippen molar-refractivity contribution in [3.8, 4) is 17.2 Å². The number of fused-ring (bicyclic) bond motifs is 1. The number of methoxy groups -OCH3 is 3. The van der Waals surface area contributed by atoms with Gasteiger partial charge in [0.05, 0.1) is 32.5 Å². The molecular formula is C24H31N5O4. The van der Waals surface area contributed by atoms with E-state index < -0.39 is 5.56 Å². The molecule has 0 aliphatic heterocycles.